The molecule has 0 unspecified atom stereocenters. The second-order valence-corrected chi connectivity index (χ2v) is 6.10. The molecule has 0 spiro atoms. The lowest BCUT2D eigenvalue weighted by Crippen LogP contribution is -2.41. The number of hydrogen-bond donors (Lipinski definition) is 1. The van der Waals surface area contributed by atoms with E-state index in [4.69, 9.17) is 0 Å². The van der Waals surface area contributed by atoms with Crippen LogP contribution < -0.4 is 0 Å². The Balaban J connectivity index is 2.64. The monoisotopic (exact) mass is 401 g/mol. The second kappa shape index (κ2) is 9.20. The minimum atomic E-state index is -0.665. The van der Waals surface area contributed by atoms with E-state index in [1.165, 1.54) is 0 Å². The van der Waals surface area contributed by atoms with Crippen LogP contribution in [0.4, 0.5) is 0 Å². The van der Waals surface area contributed by atoms with Crippen molar-refractivity contribution in [3.05, 3.63) is 46.1 Å². The van der Waals surface area contributed by atoms with Crippen molar-refractivity contribution in [1.29, 1.82) is 0 Å². The maximum Gasteiger partial charge on any atom is 0.225 e. The average Bonchev–Trinajstić information content (AvgIpc) is 2.52. The highest BCUT2D eigenvalue weighted by atomic mass is 127. The van der Waals surface area contributed by atoms with Gasteiger partial charge in [-0.15, -0.1) is 0 Å². The van der Waals surface area contributed by atoms with Gasteiger partial charge in [0.1, 0.15) is 0 Å². The number of carbonyl (C=O) groups excluding carboxylic acids is 1. The Morgan fingerprint density at radius 2 is 1.95 bits per heavy atom. The van der Waals surface area contributed by atoms with Crippen molar-refractivity contribution in [3.8, 4) is 0 Å². The molecule has 0 bridgehead atoms. The molecule has 0 radical (unpaired) electrons. The molecule has 0 heterocycles. The summed E-state index contributed by atoms with van der Waals surface area (Å²) in [4.78, 5) is 14.1. The van der Waals surface area contributed by atoms with Crippen molar-refractivity contribution < 1.29 is 9.90 Å². The van der Waals surface area contributed by atoms with Crippen LogP contribution in [0.15, 0.2) is 40.5 Å². The van der Waals surface area contributed by atoms with Gasteiger partial charge in [-0.3, -0.25) is 4.79 Å². The van der Waals surface area contributed by atoms with Gasteiger partial charge in [0.2, 0.25) is 5.91 Å². The third-order valence-electron chi connectivity index (χ3n) is 3.83. The molecule has 0 saturated heterocycles. The summed E-state index contributed by atoms with van der Waals surface area (Å²) in [7, 11) is 1.77. The lowest BCUT2D eigenvalue weighted by Gasteiger charge is -2.31. The van der Waals surface area contributed by atoms with Gasteiger partial charge in [0, 0.05) is 13.0 Å². The van der Waals surface area contributed by atoms with Crippen molar-refractivity contribution in [2.75, 3.05) is 7.05 Å². The van der Waals surface area contributed by atoms with Crippen LogP contribution in [0.5, 0.6) is 0 Å². The smallest absolute Gasteiger partial charge is 0.225 e. The number of aliphatic hydroxyl groups excluding tert-OH is 1. The molecule has 0 aliphatic rings. The summed E-state index contributed by atoms with van der Waals surface area (Å²) in [5, 5.41) is 10.4. The summed E-state index contributed by atoms with van der Waals surface area (Å²) in [6.07, 6.45) is 3.13. The number of aliphatic hydroxyl groups is 1. The van der Waals surface area contributed by atoms with Crippen molar-refractivity contribution >= 4 is 28.5 Å². The van der Waals surface area contributed by atoms with Crippen LogP contribution in [0, 0.1) is 5.92 Å². The Bertz CT molecular complexity index is 461. The Kier molecular flexibility index (Phi) is 7.96. The van der Waals surface area contributed by atoms with Crippen molar-refractivity contribution in [2.45, 2.75) is 38.8 Å². The first-order valence-electron chi connectivity index (χ1n) is 7.24. The molecule has 0 aromatic heterocycles. The van der Waals surface area contributed by atoms with E-state index >= 15 is 0 Å². The molecule has 0 saturated carbocycles. The Labute approximate surface area is 141 Å². The zero-order chi connectivity index (χ0) is 15.8. The normalized spacial score (nSPS) is 15.7. The molecule has 1 aromatic carbocycles. The highest BCUT2D eigenvalue weighted by Crippen LogP contribution is 2.22. The van der Waals surface area contributed by atoms with E-state index in [0.717, 1.165) is 18.4 Å². The van der Waals surface area contributed by atoms with E-state index in [-0.39, 0.29) is 17.9 Å². The fourth-order valence-corrected chi connectivity index (χ4v) is 2.58. The van der Waals surface area contributed by atoms with Gasteiger partial charge >= 0.3 is 0 Å². The summed E-state index contributed by atoms with van der Waals surface area (Å²) in [6.45, 7) is 3.83. The number of rotatable bonds is 7. The van der Waals surface area contributed by atoms with E-state index in [1.807, 2.05) is 48.3 Å². The molecule has 4 heteroatoms. The molecule has 3 atom stereocenters. The van der Waals surface area contributed by atoms with Gasteiger partial charge in [0.05, 0.1) is 12.1 Å². The molecule has 1 amide bonds. The van der Waals surface area contributed by atoms with Crippen molar-refractivity contribution in [3.63, 3.8) is 0 Å². The maximum atomic E-state index is 12.4. The number of amides is 1. The molecular formula is C17H24INO2. The summed E-state index contributed by atoms with van der Waals surface area (Å²) >= 11 is 2.18. The van der Waals surface area contributed by atoms with E-state index in [0.29, 0.717) is 0 Å². The molecule has 0 aliphatic heterocycles. The second-order valence-electron chi connectivity index (χ2n) is 5.39. The highest BCUT2D eigenvalue weighted by Gasteiger charge is 2.26. The molecule has 1 aromatic rings. The summed E-state index contributed by atoms with van der Waals surface area (Å²) in [6, 6.07) is 9.22. The summed E-state index contributed by atoms with van der Waals surface area (Å²) in [5.74, 6) is 0.0485. The molecule has 3 nitrogen and oxygen atoms in total. The van der Waals surface area contributed by atoms with Gasteiger partial charge in [-0.1, -0.05) is 65.9 Å². The molecule has 0 aliphatic carbocycles. The van der Waals surface area contributed by atoms with Crippen LogP contribution in [0.3, 0.4) is 0 Å². The zero-order valence-corrected chi connectivity index (χ0v) is 15.0. The van der Waals surface area contributed by atoms with Gasteiger partial charge in [-0.05, 0) is 29.4 Å². The van der Waals surface area contributed by atoms with Crippen LogP contribution in [0.2, 0.25) is 0 Å². The first-order valence-corrected chi connectivity index (χ1v) is 8.48. The van der Waals surface area contributed by atoms with Gasteiger partial charge in [0.25, 0.3) is 0 Å². The predicted octanol–water partition coefficient (Wildman–Crippen LogP) is 3.93. The fourth-order valence-electron chi connectivity index (χ4n) is 2.22. The van der Waals surface area contributed by atoms with E-state index in [9.17, 15) is 9.90 Å². The van der Waals surface area contributed by atoms with Crippen LogP contribution in [0.25, 0.3) is 0 Å². The number of halogens is 1. The van der Waals surface area contributed by atoms with E-state index < -0.39 is 6.10 Å². The fraction of sp³-hybridized carbons (Fsp3) is 0.471. The van der Waals surface area contributed by atoms with Crippen LogP contribution in [-0.4, -0.2) is 29.0 Å². The summed E-state index contributed by atoms with van der Waals surface area (Å²) in [5.41, 5.74) is 0.838. The zero-order valence-electron chi connectivity index (χ0n) is 12.9. The minimum absolute atomic E-state index is 0.0342. The third-order valence-corrected chi connectivity index (χ3v) is 4.34. The Morgan fingerprint density at radius 1 is 1.33 bits per heavy atom. The number of likely N-dealkylation sites (N-methyl/N-ethyl adjacent to an activating group) is 1. The first kappa shape index (κ1) is 18.2. The number of allylic oxidation sites excluding steroid dienone is 1. The number of nitrogens with zero attached hydrogens (tertiary/aromatic N) is 1. The first-order chi connectivity index (χ1) is 9.99. The topological polar surface area (TPSA) is 40.5 Å². The lowest BCUT2D eigenvalue weighted by molar-refractivity contribution is -0.138. The quantitative estimate of drug-likeness (QED) is 0.704. The molecule has 1 rings (SSSR count). The van der Waals surface area contributed by atoms with Crippen LogP contribution in [-0.2, 0) is 4.79 Å². The van der Waals surface area contributed by atoms with Gasteiger partial charge in [-0.25, -0.2) is 0 Å². The molecule has 0 fully saturated rings. The number of hydrogen-bond acceptors (Lipinski definition) is 2. The van der Waals surface area contributed by atoms with E-state index in [1.54, 1.807) is 11.9 Å². The number of benzene rings is 1. The molecular weight excluding hydrogens is 377 g/mol. The van der Waals surface area contributed by atoms with Crippen molar-refractivity contribution in [2.24, 2.45) is 5.92 Å². The summed E-state index contributed by atoms with van der Waals surface area (Å²) < 4.78 is 1.97. The predicted molar refractivity (Wildman–Crippen MR) is 95.2 cm³/mol. The van der Waals surface area contributed by atoms with Crippen molar-refractivity contribution in [1.82, 2.24) is 4.90 Å². The third kappa shape index (κ3) is 5.43. The van der Waals surface area contributed by atoms with Crippen LogP contribution in [0.1, 0.15) is 38.4 Å². The molecule has 21 heavy (non-hydrogen) atoms. The van der Waals surface area contributed by atoms with Gasteiger partial charge < -0.3 is 10.0 Å². The Hall–Kier alpha value is -0.880. The highest BCUT2D eigenvalue weighted by molar-refractivity contribution is 14.1. The standard InChI is InChI=1S/C17H24INO2/c1-13(9-7-8-12-18)17(21)19(3)14(2)16(20)15-10-5-4-6-11-15/h4-6,8,10-14,16,20H,7,9H2,1-3H3/b12-8+/t13-,14+,16-/m1/s1. The minimum Gasteiger partial charge on any atom is -0.386 e. The SMILES string of the molecule is C[C@H](CC/C=C/I)C(=O)N(C)[C@@H](C)[C@@H](O)c1ccccc1. The molecule has 1 N–H and O–H groups in total. The number of carbonyl (C=O) groups is 1. The lowest BCUT2D eigenvalue weighted by atomic mass is 9.99. The van der Waals surface area contributed by atoms with Gasteiger partial charge in [0.15, 0.2) is 0 Å². The maximum absolute atomic E-state index is 12.4. The van der Waals surface area contributed by atoms with Crippen LogP contribution >= 0.6 is 22.6 Å². The average molecular weight is 401 g/mol. The largest absolute Gasteiger partial charge is 0.386 e. The van der Waals surface area contributed by atoms with E-state index in [2.05, 4.69) is 28.7 Å². The molecule has 116 valence electrons. The van der Waals surface area contributed by atoms with Gasteiger partial charge in [-0.2, -0.15) is 0 Å². The Morgan fingerprint density at radius 3 is 2.52 bits per heavy atom.